The van der Waals surface area contributed by atoms with E-state index in [0.717, 1.165) is 75.0 Å². The third kappa shape index (κ3) is 30.7. The molecule has 1 aromatic rings. The first kappa shape index (κ1) is 63.3. The molecule has 0 bridgehead atoms. The van der Waals surface area contributed by atoms with E-state index in [1.807, 2.05) is 12.2 Å². The molecule has 3 unspecified atom stereocenters. The highest BCUT2D eigenvalue weighted by molar-refractivity contribution is 7.61. The number of unbranched alkanes of at least 4 members (excludes halogenated alkanes) is 11. The number of esters is 2. The number of allylic oxidation sites excluding steroid dienone is 11. The van der Waals surface area contributed by atoms with Gasteiger partial charge >= 0.3 is 33.3 Å². The summed E-state index contributed by atoms with van der Waals surface area (Å²) < 4.78 is 56.6. The van der Waals surface area contributed by atoms with Gasteiger partial charge in [-0.2, -0.15) is 9.29 Å². The van der Waals surface area contributed by atoms with Gasteiger partial charge in [-0.05, 0) is 76.7 Å². The molecule has 0 spiro atoms. The van der Waals surface area contributed by atoms with Crippen LogP contribution in [0.1, 0.15) is 155 Å². The topological polar surface area (TPSA) is 286 Å². The van der Waals surface area contributed by atoms with Crippen LogP contribution >= 0.6 is 15.6 Å². The van der Waals surface area contributed by atoms with Crippen LogP contribution < -0.4 is 11.4 Å². The van der Waals surface area contributed by atoms with Gasteiger partial charge in [0, 0.05) is 19.0 Å². The number of aliphatic hydroxyl groups is 3. The normalized spacial score (nSPS) is 20.2. The Balaban J connectivity index is 1.86. The third-order valence-electron chi connectivity index (χ3n) is 10.9. The highest BCUT2D eigenvalue weighted by Gasteiger charge is 2.46. The lowest BCUT2D eigenvalue weighted by Crippen LogP contribution is -2.36. The van der Waals surface area contributed by atoms with Crippen LogP contribution in [0, 0.1) is 0 Å². The lowest BCUT2D eigenvalue weighted by atomic mass is 10.1. The van der Waals surface area contributed by atoms with Crippen molar-refractivity contribution in [1.82, 2.24) is 9.55 Å². The molecule has 0 saturated carbocycles. The molecular weight excluding hydrogens is 961 g/mol. The number of nitrogen functional groups attached to an aromatic ring is 1. The lowest BCUT2D eigenvalue weighted by molar-refractivity contribution is -0.161. The quantitative estimate of drug-likeness (QED) is 0.0117. The van der Waals surface area contributed by atoms with Gasteiger partial charge in [0.05, 0.1) is 19.3 Å². The third-order valence-corrected chi connectivity index (χ3v) is 13.5. The molecule has 0 aromatic carbocycles. The molecule has 71 heavy (non-hydrogen) atoms. The van der Waals surface area contributed by atoms with Gasteiger partial charge in [0.25, 0.3) is 0 Å². The van der Waals surface area contributed by atoms with Gasteiger partial charge in [-0.1, -0.05) is 138 Å². The number of anilines is 1. The Labute approximate surface area is 419 Å². The van der Waals surface area contributed by atoms with Gasteiger partial charge in [0.1, 0.15) is 30.7 Å². The van der Waals surface area contributed by atoms with Crippen molar-refractivity contribution in [3.63, 3.8) is 0 Å². The van der Waals surface area contributed by atoms with Crippen LogP contribution in [-0.4, -0.2) is 96.9 Å². The molecule has 1 aromatic heterocycles. The summed E-state index contributed by atoms with van der Waals surface area (Å²) in [7, 11) is -10.9. The lowest BCUT2D eigenvalue weighted by Gasteiger charge is -2.21. The second-order valence-electron chi connectivity index (χ2n) is 17.1. The van der Waals surface area contributed by atoms with Crippen LogP contribution in [0.15, 0.2) is 90.0 Å². The molecular formula is C50H81N3O16P2. The smallest absolute Gasteiger partial charge is 0.462 e. The summed E-state index contributed by atoms with van der Waals surface area (Å²) in [5.41, 5.74) is 4.57. The van der Waals surface area contributed by atoms with Crippen LogP contribution in [0.5, 0.6) is 0 Å². The molecule has 8 atom stereocenters. The number of aromatic nitrogens is 2. The number of nitrogens with two attached hydrogens (primary N) is 1. The highest BCUT2D eigenvalue weighted by atomic mass is 31.3. The fourth-order valence-electron chi connectivity index (χ4n) is 6.98. The Morgan fingerprint density at radius 1 is 0.761 bits per heavy atom. The van der Waals surface area contributed by atoms with Crippen molar-refractivity contribution in [2.45, 2.75) is 185 Å². The van der Waals surface area contributed by atoms with Crippen LogP contribution in [0.2, 0.25) is 0 Å². The van der Waals surface area contributed by atoms with Crippen molar-refractivity contribution in [2.24, 2.45) is 0 Å². The summed E-state index contributed by atoms with van der Waals surface area (Å²) in [6, 6.07) is 1.24. The predicted octanol–water partition coefficient (Wildman–Crippen LogP) is 9.08. The van der Waals surface area contributed by atoms with E-state index in [0.29, 0.717) is 6.42 Å². The summed E-state index contributed by atoms with van der Waals surface area (Å²) in [5.74, 6) is -1.53. The van der Waals surface area contributed by atoms with E-state index in [1.165, 1.54) is 44.6 Å². The summed E-state index contributed by atoms with van der Waals surface area (Å²) in [4.78, 5) is 61.9. The molecule has 402 valence electrons. The zero-order valence-corrected chi connectivity index (χ0v) is 43.4. The Kier molecular flexibility index (Phi) is 33.7. The van der Waals surface area contributed by atoms with Crippen LogP contribution in [-0.2, 0) is 46.3 Å². The van der Waals surface area contributed by atoms with Crippen molar-refractivity contribution in [1.29, 1.82) is 0 Å². The molecule has 7 N–H and O–H groups in total. The largest absolute Gasteiger partial charge is 0.481 e. The van der Waals surface area contributed by atoms with E-state index < -0.39 is 89.8 Å². The number of ether oxygens (including phenoxy) is 3. The van der Waals surface area contributed by atoms with Crippen molar-refractivity contribution >= 4 is 33.4 Å². The van der Waals surface area contributed by atoms with E-state index in [4.69, 9.17) is 29.0 Å². The summed E-state index contributed by atoms with van der Waals surface area (Å²) in [6.07, 6.45) is 34.4. The van der Waals surface area contributed by atoms with Gasteiger partial charge in [-0.3, -0.25) is 23.2 Å². The number of phosphoric ester groups is 2. The summed E-state index contributed by atoms with van der Waals surface area (Å²) in [6.45, 7) is 1.83. The summed E-state index contributed by atoms with van der Waals surface area (Å²) >= 11 is 0. The minimum atomic E-state index is -5.47. The second kappa shape index (κ2) is 37.8. The number of aliphatic hydroxyl groups excluding tert-OH is 3. The maximum atomic E-state index is 12.9. The van der Waals surface area contributed by atoms with Gasteiger partial charge in [0.15, 0.2) is 12.3 Å². The van der Waals surface area contributed by atoms with Gasteiger partial charge in [-0.25, -0.2) is 13.9 Å². The predicted molar refractivity (Wildman–Crippen MR) is 271 cm³/mol. The monoisotopic (exact) mass is 1040 g/mol. The molecule has 0 amide bonds. The minimum Gasteiger partial charge on any atom is -0.462 e. The summed E-state index contributed by atoms with van der Waals surface area (Å²) in [5, 5.41) is 31.2. The zero-order valence-electron chi connectivity index (χ0n) is 41.6. The van der Waals surface area contributed by atoms with Crippen LogP contribution in [0.4, 0.5) is 5.82 Å². The molecule has 2 heterocycles. The van der Waals surface area contributed by atoms with E-state index in [-0.39, 0.29) is 31.5 Å². The van der Waals surface area contributed by atoms with E-state index in [1.54, 1.807) is 12.2 Å². The first-order chi connectivity index (χ1) is 34.1. The Morgan fingerprint density at radius 2 is 1.35 bits per heavy atom. The van der Waals surface area contributed by atoms with Crippen LogP contribution in [0.25, 0.3) is 0 Å². The Morgan fingerprint density at radius 3 is 2.00 bits per heavy atom. The number of phosphoric acid groups is 2. The van der Waals surface area contributed by atoms with Crippen molar-refractivity contribution < 1.29 is 71.4 Å². The second-order valence-corrected chi connectivity index (χ2v) is 20.2. The Hall–Kier alpha value is -3.84. The van der Waals surface area contributed by atoms with Gasteiger partial charge in [-0.15, -0.1) is 0 Å². The van der Waals surface area contributed by atoms with Gasteiger partial charge in [0.2, 0.25) is 0 Å². The highest BCUT2D eigenvalue weighted by Crippen LogP contribution is 2.60. The van der Waals surface area contributed by atoms with Crippen molar-refractivity contribution in [3.05, 3.63) is 95.7 Å². The molecule has 1 saturated heterocycles. The average molecular weight is 1040 g/mol. The Bertz CT molecular complexity index is 1990. The fraction of sp³-hybridized carbons (Fsp3) is 0.640. The number of carbonyl (C=O) groups excluding carboxylic acids is 2. The molecule has 19 nitrogen and oxygen atoms in total. The number of carbonyl (C=O) groups is 2. The fourth-order valence-corrected chi connectivity index (χ4v) is 9.09. The average Bonchev–Trinajstić information content (AvgIpc) is 3.60. The molecule has 1 fully saturated rings. The standard InChI is InChI=1S/C50H81N3O16P2/c1-3-5-7-9-11-13-15-17-18-20-22-24-26-28-30-34-46(56)67-42(38-64-45(55)35-31-33-41(54)32-29-27-25-23-21-19-16-14-12-10-8-6-4-2)39-65-70(60,61)69-71(62,63)66-40-43-47(57)48(58)49(68-43)53-37-36-44(51)52-50(53)59/h6,8,12,14,17-19,21,25,27,29,32,36-37,41-43,47-49,54,57-58H,3-5,7,9-11,13,15-16,20,22-24,26,28,30-31,33-35,38-40H2,1-2H3,(H,60,61)(H,62,63)(H2,51,52,59)/b8-6-,14-12-,18-17-,21-19-,27-25-,32-29+/t41?,42-,43-,47-,48-,49-/m1/s1. The van der Waals surface area contributed by atoms with E-state index in [2.05, 4.69) is 71.8 Å². The van der Waals surface area contributed by atoms with Crippen molar-refractivity contribution in [2.75, 3.05) is 25.6 Å². The van der Waals surface area contributed by atoms with Crippen molar-refractivity contribution in [3.8, 4) is 0 Å². The molecule has 2 rings (SSSR count). The zero-order chi connectivity index (χ0) is 52.2. The number of hydrogen-bond acceptors (Lipinski definition) is 16. The number of hydrogen-bond donors (Lipinski definition) is 6. The van der Waals surface area contributed by atoms with Crippen LogP contribution in [0.3, 0.4) is 0 Å². The SMILES string of the molecule is CC/C=C\C/C=C\C/C=C\C/C=C\C=C\C(O)CCCC(=O)OC[C@H](COP(=O)(O)OP(=O)(O)OC[C@H]1O[C@@H](n2ccc(N)nc2=O)[C@H](O)[C@@H]1O)OC(=O)CCCCCCC/C=C\CCCCCCCC. The first-order valence-corrected chi connectivity index (χ1v) is 28.0. The van der Waals surface area contributed by atoms with Gasteiger partial charge < -0.3 is 45.1 Å². The molecule has 21 heteroatoms. The number of rotatable bonds is 40. The molecule has 1 aliphatic heterocycles. The van der Waals surface area contributed by atoms with E-state index >= 15 is 0 Å². The van der Waals surface area contributed by atoms with E-state index in [9.17, 15) is 48.6 Å². The maximum Gasteiger partial charge on any atom is 0.481 e. The minimum absolute atomic E-state index is 0.00396. The molecule has 1 aliphatic rings. The maximum absolute atomic E-state index is 12.9. The first-order valence-electron chi connectivity index (χ1n) is 25.1. The molecule has 0 radical (unpaired) electrons. The molecule has 0 aliphatic carbocycles. The number of nitrogens with zero attached hydrogens (tertiary/aromatic N) is 2.